The number of anilines is 2. The van der Waals surface area contributed by atoms with E-state index >= 15 is 0 Å². The molecule has 150 heavy (non-hydrogen) atoms. The molecule has 6 aliphatic rings. The van der Waals surface area contributed by atoms with E-state index in [4.69, 9.17) is 4.98 Å². The second kappa shape index (κ2) is 49.1. The predicted octanol–water partition coefficient (Wildman–Crippen LogP) is 28.2. The Kier molecular flexibility index (Phi) is 34.1. The molecule has 12 heterocycles. The number of nitrogens with one attached hydrogen (secondary N) is 2. The number of fused-ring (bicyclic) bond motifs is 6. The number of benzene rings is 12. The third kappa shape index (κ3) is 26.6. The van der Waals surface area contributed by atoms with Crippen LogP contribution in [0, 0.1) is 40.7 Å². The van der Waals surface area contributed by atoms with Gasteiger partial charge < -0.3 is 40.0 Å². The maximum atomic E-state index is 14.0. The SMILES string of the molecule is O=C(Cc1ccc2sc(-c3ccc(F)c(F)c3)nc2c1)N1CCC(F)CC1.O=C(Cc1ccc2sc(-c3ccc(F)cc3)nc2c1)N1CCCCC1.O=C(Cc1ccc2sc(-c3ccc(F)cc3F)nc2c1)N1CCCC1.O=C(Cc1ccc2sc(-c3ccccc3)nc2c1)N1CCCCC1.O=C(Nc1ccc2sc(-c3ccccc3F)nc2c1)N1CCCC1.O=C(Nc1ccc2sc(-c3ccccc3F)nc2c1)N1CCCCC1. The summed E-state index contributed by atoms with van der Waals surface area (Å²) in [5, 5.41) is 10.2. The fraction of sp³-hybridized carbons (Fsp3) is 0.276. The third-order valence-electron chi connectivity index (χ3n) is 26.8. The summed E-state index contributed by atoms with van der Waals surface area (Å²) in [5.74, 6) is -3.27. The van der Waals surface area contributed by atoms with Crippen molar-refractivity contribution in [3.05, 3.63) is 312 Å². The molecule has 6 fully saturated rings. The Hall–Kier alpha value is -14.2. The highest BCUT2D eigenvalue weighted by Crippen LogP contribution is 2.41. The molecule has 34 heteroatoms. The predicted molar refractivity (Wildman–Crippen MR) is 587 cm³/mol. The minimum absolute atomic E-state index is 0.0164. The van der Waals surface area contributed by atoms with Crippen LogP contribution in [0.2, 0.25) is 0 Å². The fourth-order valence-electron chi connectivity index (χ4n) is 18.7. The highest BCUT2D eigenvalue weighted by atomic mass is 32.1. The van der Waals surface area contributed by atoms with Gasteiger partial charge in [0, 0.05) is 129 Å². The van der Waals surface area contributed by atoms with Crippen LogP contribution in [-0.4, -0.2) is 180 Å². The van der Waals surface area contributed by atoms with Crippen molar-refractivity contribution in [2.45, 2.75) is 128 Å². The van der Waals surface area contributed by atoms with E-state index in [2.05, 4.69) is 65.9 Å². The van der Waals surface area contributed by atoms with Gasteiger partial charge in [-0.1, -0.05) is 78.9 Å². The van der Waals surface area contributed by atoms with Crippen molar-refractivity contribution < 1.29 is 63.9 Å². The van der Waals surface area contributed by atoms with E-state index in [9.17, 15) is 63.9 Å². The molecule has 6 aliphatic heterocycles. The van der Waals surface area contributed by atoms with E-state index in [0.29, 0.717) is 98.8 Å². The van der Waals surface area contributed by atoms with Crippen LogP contribution in [0.15, 0.2) is 249 Å². The Bertz CT molecular complexity index is 7880. The number of urea groups is 2. The molecule has 18 aromatic rings. The lowest BCUT2D eigenvalue weighted by Crippen LogP contribution is -2.39. The van der Waals surface area contributed by atoms with E-state index in [0.717, 1.165) is 242 Å². The molecule has 24 rings (SSSR count). The van der Waals surface area contributed by atoms with Gasteiger partial charge in [0.15, 0.2) is 11.6 Å². The van der Waals surface area contributed by atoms with Crippen LogP contribution in [0.3, 0.4) is 0 Å². The Morgan fingerprint density at radius 3 is 0.927 bits per heavy atom. The summed E-state index contributed by atoms with van der Waals surface area (Å²) < 4.78 is 114. The van der Waals surface area contributed by atoms with Gasteiger partial charge in [-0.2, -0.15) is 0 Å². The lowest BCUT2D eigenvalue weighted by Gasteiger charge is -2.28. The summed E-state index contributed by atoms with van der Waals surface area (Å²) in [6.45, 7) is 9.41. The van der Waals surface area contributed by atoms with E-state index in [1.54, 1.807) is 76.1 Å². The van der Waals surface area contributed by atoms with E-state index in [1.165, 1.54) is 112 Å². The van der Waals surface area contributed by atoms with Gasteiger partial charge in [-0.25, -0.2) is 74.6 Å². The number of carbonyl (C=O) groups excluding carboxylic acids is 6. The summed E-state index contributed by atoms with van der Waals surface area (Å²) in [7, 11) is 0. The molecule has 8 amide bonds. The molecule has 0 bridgehead atoms. The molecule has 6 aromatic heterocycles. The van der Waals surface area contributed by atoms with Gasteiger partial charge in [-0.05, 0) is 282 Å². The number of carbonyl (C=O) groups is 6. The van der Waals surface area contributed by atoms with Crippen LogP contribution in [0.1, 0.15) is 119 Å². The van der Waals surface area contributed by atoms with E-state index < -0.39 is 29.4 Å². The first-order valence-corrected chi connectivity index (χ1v) is 55.4. The van der Waals surface area contributed by atoms with Crippen LogP contribution < -0.4 is 10.6 Å². The van der Waals surface area contributed by atoms with Crippen molar-refractivity contribution in [1.29, 1.82) is 0 Å². The van der Waals surface area contributed by atoms with Crippen LogP contribution in [0.25, 0.3) is 125 Å². The van der Waals surface area contributed by atoms with Crippen molar-refractivity contribution in [3.63, 3.8) is 0 Å². The molecule has 2 N–H and O–H groups in total. The molecular formula is C116H106F8N14O6S6. The Balaban J connectivity index is 0.000000113. The number of amides is 8. The van der Waals surface area contributed by atoms with Gasteiger partial charge in [-0.3, -0.25) is 19.2 Å². The maximum Gasteiger partial charge on any atom is 0.321 e. The fourth-order valence-corrected chi connectivity index (χ4v) is 24.5. The van der Waals surface area contributed by atoms with Gasteiger partial charge in [0.1, 0.15) is 65.3 Å². The number of hydrogen-bond acceptors (Lipinski definition) is 18. The summed E-state index contributed by atoms with van der Waals surface area (Å²) in [6, 6.07) is 71.8. The molecule has 0 saturated carbocycles. The zero-order valence-electron chi connectivity index (χ0n) is 82.0. The Labute approximate surface area is 885 Å². The molecule has 768 valence electrons. The first kappa shape index (κ1) is 104. The molecule has 0 radical (unpaired) electrons. The second-order valence-electron chi connectivity index (χ2n) is 37.6. The second-order valence-corrected chi connectivity index (χ2v) is 43.8. The van der Waals surface area contributed by atoms with Gasteiger partial charge in [-0.15, -0.1) is 68.0 Å². The summed E-state index contributed by atoms with van der Waals surface area (Å²) in [6.07, 6.45) is 16.0. The zero-order chi connectivity index (χ0) is 104. The first-order chi connectivity index (χ1) is 73.0. The minimum Gasteiger partial charge on any atom is -0.342 e. The lowest BCUT2D eigenvalue weighted by atomic mass is 10.1. The average Bonchev–Trinajstić information content (AvgIpc) is 1.67. The third-order valence-corrected chi connectivity index (χ3v) is 33.3. The van der Waals surface area contributed by atoms with Crippen molar-refractivity contribution in [3.8, 4) is 63.4 Å². The first-order valence-electron chi connectivity index (χ1n) is 50.5. The Morgan fingerprint density at radius 1 is 0.253 bits per heavy atom. The monoisotopic (exact) mass is 2130 g/mol. The number of thiazole rings is 6. The summed E-state index contributed by atoms with van der Waals surface area (Å²) >= 11 is 8.91. The summed E-state index contributed by atoms with van der Waals surface area (Å²) in [4.78, 5) is 113. The molecular weight excluding hydrogens is 2030 g/mol. The Morgan fingerprint density at radius 2 is 0.553 bits per heavy atom. The number of alkyl halides is 1. The van der Waals surface area contributed by atoms with E-state index in [-0.39, 0.29) is 65.1 Å². The standard InChI is InChI=1S/C20H17F3N2OS.C20H19FN2OS.C20H20N2OS.C19H16F2N2OS.C19H18FN3OS.C18H16FN3OS/c21-14-5-7-25(8-6-14)19(26)10-12-1-4-18-17(9-12)24-20(27-18)13-2-3-15(22)16(23)11-13;21-16-7-5-15(6-8-16)20-22-17-12-14(4-9-18(17)25-20)13-19(24)23-10-2-1-3-11-23;23-19(22-11-5-2-6-12-22)14-15-9-10-18-17(13-15)21-20(24-18)16-7-3-1-4-8-16;20-13-4-5-14(15(21)11-13)19-22-16-9-12(3-6-17(16)25-19)10-18(24)23-7-1-2-8-23;20-15-7-3-2-6-14(15)18-22-16-12-13(8-9-17(16)25-18)21-19(24)23-10-4-1-5-11-23;19-14-6-2-1-5-13(14)17-21-15-11-12(7-8-16(15)24-17)20-18(23)22-9-3-4-10-22/h1-4,9,11,14H,5-8,10H2;4-9,12H,1-3,10-11,13H2;1,3-4,7-10,13H,2,5-6,11-12,14H2;3-6,9,11H,1-2,7-8,10H2;2-3,6-9,12H,1,4-5,10-11H2,(H,21,24);1-2,5-8,11H,3-4,9-10H2,(H,20,23). The highest BCUT2D eigenvalue weighted by molar-refractivity contribution is 7.23. The number of rotatable bonds is 16. The molecule has 20 nitrogen and oxygen atoms in total. The quantitative estimate of drug-likeness (QED) is 0.0862. The van der Waals surface area contributed by atoms with Crippen molar-refractivity contribution in [1.82, 2.24) is 59.3 Å². The van der Waals surface area contributed by atoms with Gasteiger partial charge in [0.25, 0.3) is 0 Å². The summed E-state index contributed by atoms with van der Waals surface area (Å²) in [5.41, 5.74) is 13.9. The van der Waals surface area contributed by atoms with Crippen LogP contribution in [0.5, 0.6) is 0 Å². The molecule has 0 spiro atoms. The van der Waals surface area contributed by atoms with E-state index in [1.807, 2.05) is 134 Å². The largest absolute Gasteiger partial charge is 0.342 e. The van der Waals surface area contributed by atoms with Crippen LogP contribution in [-0.2, 0) is 44.9 Å². The zero-order valence-corrected chi connectivity index (χ0v) is 86.9. The number of aromatic nitrogens is 6. The van der Waals surface area contributed by atoms with Gasteiger partial charge in [0.05, 0.1) is 87.0 Å². The molecule has 12 aromatic carbocycles. The average molecular weight is 2140 g/mol. The number of likely N-dealkylation sites (tertiary alicyclic amines) is 6. The molecule has 0 aliphatic carbocycles. The minimum atomic E-state index is -0.907. The van der Waals surface area contributed by atoms with Crippen LogP contribution in [0.4, 0.5) is 56.1 Å². The smallest absolute Gasteiger partial charge is 0.321 e. The number of nitrogens with zero attached hydrogens (tertiary/aromatic N) is 12. The van der Waals surface area contributed by atoms with Gasteiger partial charge in [0.2, 0.25) is 23.6 Å². The van der Waals surface area contributed by atoms with Crippen LogP contribution >= 0.6 is 68.0 Å². The molecule has 0 unspecified atom stereocenters. The van der Waals surface area contributed by atoms with Crippen molar-refractivity contribution in [2.24, 2.45) is 0 Å². The number of hydrogen-bond donors (Lipinski definition) is 2. The van der Waals surface area contributed by atoms with Crippen molar-refractivity contribution >= 4 is 176 Å². The molecule has 6 saturated heterocycles. The highest BCUT2D eigenvalue weighted by Gasteiger charge is 2.28. The molecule has 0 atom stereocenters. The number of piperidine rings is 4. The van der Waals surface area contributed by atoms with Gasteiger partial charge >= 0.3 is 12.1 Å². The topological polar surface area (TPSA) is 223 Å². The lowest BCUT2D eigenvalue weighted by molar-refractivity contribution is -0.132. The van der Waals surface area contributed by atoms with Crippen molar-refractivity contribution in [2.75, 3.05) is 89.2 Å². The maximum absolute atomic E-state index is 14.0. The number of halogens is 8. The normalized spacial score (nSPS) is 14.8.